The van der Waals surface area contributed by atoms with E-state index in [1.807, 2.05) is 53.5 Å². The van der Waals surface area contributed by atoms with Gasteiger partial charge in [-0.05, 0) is 36.4 Å². The van der Waals surface area contributed by atoms with Crippen LogP contribution in [0.5, 0.6) is 17.2 Å². The van der Waals surface area contributed by atoms with Crippen molar-refractivity contribution in [3.63, 3.8) is 0 Å². The van der Waals surface area contributed by atoms with Crippen LogP contribution in [0.25, 0.3) is 0 Å². The number of benzene rings is 3. The normalized spacial score (nSPS) is 18.5. The van der Waals surface area contributed by atoms with Crippen molar-refractivity contribution < 1.29 is 23.7 Å². The highest BCUT2D eigenvalue weighted by Crippen LogP contribution is 2.47. The van der Waals surface area contributed by atoms with E-state index in [0.717, 1.165) is 34.6 Å². The van der Waals surface area contributed by atoms with Gasteiger partial charge in [0.15, 0.2) is 11.5 Å². The Morgan fingerprint density at radius 3 is 2.45 bits per heavy atom. The van der Waals surface area contributed by atoms with E-state index in [2.05, 4.69) is 6.07 Å². The van der Waals surface area contributed by atoms with Crippen LogP contribution in [-0.4, -0.2) is 38.0 Å². The number of ether oxygens (including phenoxy) is 4. The Morgan fingerprint density at radius 1 is 0.970 bits per heavy atom. The molecule has 0 aliphatic carbocycles. The number of para-hydroxylation sites is 1. The first-order valence-corrected chi connectivity index (χ1v) is 10.6. The number of hydrogen-bond donors (Lipinski definition) is 0. The second-order valence-electron chi connectivity index (χ2n) is 7.84. The SMILES string of the molecule is COC(=O)c1ccc(C2Oc3ccccc3C3CC(c4ccc(OC)c(OC)c4)=NN32)cc1. The van der Waals surface area contributed by atoms with Crippen LogP contribution in [0.15, 0.2) is 71.8 Å². The fourth-order valence-electron chi connectivity index (χ4n) is 4.35. The summed E-state index contributed by atoms with van der Waals surface area (Å²) in [5, 5.41) is 6.98. The van der Waals surface area contributed by atoms with Gasteiger partial charge >= 0.3 is 5.97 Å². The number of esters is 1. The minimum atomic E-state index is -0.422. The lowest BCUT2D eigenvalue weighted by atomic mass is 9.95. The highest BCUT2D eigenvalue weighted by Gasteiger charge is 2.41. The van der Waals surface area contributed by atoms with Gasteiger partial charge in [0.05, 0.1) is 38.6 Å². The van der Waals surface area contributed by atoms with E-state index in [4.69, 9.17) is 24.0 Å². The Kier molecular flexibility index (Phi) is 5.38. The molecular formula is C26H24N2O5. The summed E-state index contributed by atoms with van der Waals surface area (Å²) in [4.78, 5) is 11.8. The van der Waals surface area contributed by atoms with Crippen molar-refractivity contribution in [2.75, 3.05) is 21.3 Å². The van der Waals surface area contributed by atoms with E-state index in [9.17, 15) is 4.79 Å². The van der Waals surface area contributed by atoms with E-state index in [0.29, 0.717) is 17.1 Å². The molecule has 2 aliphatic heterocycles. The van der Waals surface area contributed by atoms with Crippen LogP contribution in [0.4, 0.5) is 0 Å². The van der Waals surface area contributed by atoms with E-state index < -0.39 is 6.23 Å². The second kappa shape index (κ2) is 8.50. The monoisotopic (exact) mass is 444 g/mol. The first-order valence-electron chi connectivity index (χ1n) is 10.6. The van der Waals surface area contributed by atoms with Crippen molar-refractivity contribution in [1.82, 2.24) is 5.01 Å². The molecule has 3 aromatic rings. The molecule has 0 bridgehead atoms. The zero-order valence-electron chi connectivity index (χ0n) is 18.6. The molecule has 5 rings (SSSR count). The van der Waals surface area contributed by atoms with Gasteiger partial charge in [0.2, 0.25) is 6.23 Å². The van der Waals surface area contributed by atoms with E-state index in [1.165, 1.54) is 7.11 Å². The molecule has 0 spiro atoms. The maximum absolute atomic E-state index is 11.8. The molecule has 0 fully saturated rings. The number of rotatable bonds is 5. The van der Waals surface area contributed by atoms with Crippen LogP contribution in [0.3, 0.4) is 0 Å². The fraction of sp³-hybridized carbons (Fsp3) is 0.231. The Hall–Kier alpha value is -4.00. The molecule has 0 amide bonds. The third-order valence-electron chi connectivity index (χ3n) is 6.03. The van der Waals surface area contributed by atoms with Gasteiger partial charge in [-0.2, -0.15) is 5.10 Å². The van der Waals surface area contributed by atoms with Crippen LogP contribution in [-0.2, 0) is 4.74 Å². The number of fused-ring (bicyclic) bond motifs is 3. The highest BCUT2D eigenvalue weighted by molar-refractivity contribution is 6.02. The van der Waals surface area contributed by atoms with Crippen molar-refractivity contribution in [1.29, 1.82) is 0 Å². The number of hydrazone groups is 1. The molecule has 33 heavy (non-hydrogen) atoms. The standard InChI is InChI=1S/C26H24N2O5/c1-30-23-13-12-18(14-24(23)31-2)20-15-21-19-6-4-5-7-22(19)33-25(28(21)27-20)16-8-10-17(11-9-16)26(29)32-3/h4-14,21,25H,15H2,1-3H3. The lowest BCUT2D eigenvalue weighted by Gasteiger charge is -2.38. The van der Waals surface area contributed by atoms with Gasteiger partial charge < -0.3 is 18.9 Å². The van der Waals surface area contributed by atoms with Crippen molar-refractivity contribution in [2.24, 2.45) is 5.10 Å². The predicted octanol–water partition coefficient (Wildman–Crippen LogP) is 4.73. The molecule has 2 heterocycles. The molecular weight excluding hydrogens is 420 g/mol. The maximum atomic E-state index is 11.8. The van der Waals surface area contributed by atoms with Crippen LogP contribution >= 0.6 is 0 Å². The van der Waals surface area contributed by atoms with Crippen LogP contribution in [0, 0.1) is 0 Å². The quantitative estimate of drug-likeness (QED) is 0.530. The summed E-state index contributed by atoms with van der Waals surface area (Å²) in [6.45, 7) is 0. The molecule has 168 valence electrons. The molecule has 7 heteroatoms. The van der Waals surface area contributed by atoms with Crippen LogP contribution in [0.2, 0.25) is 0 Å². The number of carbonyl (C=O) groups is 1. The molecule has 0 radical (unpaired) electrons. The maximum Gasteiger partial charge on any atom is 0.337 e. The molecule has 2 unspecified atom stereocenters. The molecule has 2 aliphatic rings. The summed E-state index contributed by atoms with van der Waals surface area (Å²) in [6.07, 6.45) is 0.307. The van der Waals surface area contributed by atoms with Crippen LogP contribution in [0.1, 0.15) is 45.7 Å². The topological polar surface area (TPSA) is 69.6 Å². The summed E-state index contributed by atoms with van der Waals surface area (Å²) < 4.78 is 22.1. The smallest absolute Gasteiger partial charge is 0.337 e. The molecule has 3 aromatic carbocycles. The van der Waals surface area contributed by atoms with E-state index in [1.54, 1.807) is 26.4 Å². The number of hydrogen-bond acceptors (Lipinski definition) is 7. The van der Waals surface area contributed by atoms with Gasteiger partial charge in [0.1, 0.15) is 5.75 Å². The number of methoxy groups -OCH3 is 3. The summed E-state index contributed by atoms with van der Waals surface area (Å²) in [5.41, 5.74) is 4.40. The van der Waals surface area contributed by atoms with Gasteiger partial charge in [-0.25, -0.2) is 9.80 Å². The largest absolute Gasteiger partial charge is 0.493 e. The Bertz CT molecular complexity index is 1220. The molecule has 0 saturated heterocycles. The van der Waals surface area contributed by atoms with Gasteiger partial charge in [0.25, 0.3) is 0 Å². The zero-order valence-corrected chi connectivity index (χ0v) is 18.6. The average Bonchev–Trinajstić information content (AvgIpc) is 3.33. The molecule has 0 N–H and O–H groups in total. The van der Waals surface area contributed by atoms with E-state index >= 15 is 0 Å². The van der Waals surface area contributed by atoms with Crippen molar-refractivity contribution in [2.45, 2.75) is 18.7 Å². The van der Waals surface area contributed by atoms with Crippen molar-refractivity contribution >= 4 is 11.7 Å². The lowest BCUT2D eigenvalue weighted by molar-refractivity contribution is -0.0190. The fourth-order valence-corrected chi connectivity index (χ4v) is 4.35. The first-order chi connectivity index (χ1) is 16.1. The van der Waals surface area contributed by atoms with Crippen LogP contribution < -0.4 is 14.2 Å². The van der Waals surface area contributed by atoms with Gasteiger partial charge in [-0.1, -0.05) is 30.3 Å². The van der Waals surface area contributed by atoms with E-state index in [-0.39, 0.29) is 12.0 Å². The van der Waals surface area contributed by atoms with Crippen molar-refractivity contribution in [3.8, 4) is 17.2 Å². The highest BCUT2D eigenvalue weighted by atomic mass is 16.5. The lowest BCUT2D eigenvalue weighted by Crippen LogP contribution is -2.33. The minimum absolute atomic E-state index is 0.0309. The predicted molar refractivity (Wildman–Crippen MR) is 123 cm³/mol. The first kappa shape index (κ1) is 20.9. The Labute approximate surface area is 192 Å². The van der Waals surface area contributed by atoms with Gasteiger partial charge in [-0.15, -0.1) is 0 Å². The van der Waals surface area contributed by atoms with Gasteiger partial charge in [-0.3, -0.25) is 0 Å². The summed E-state index contributed by atoms with van der Waals surface area (Å²) in [6, 6.07) is 21.2. The Balaban J connectivity index is 1.54. The average molecular weight is 444 g/mol. The van der Waals surface area contributed by atoms with Gasteiger partial charge in [0, 0.05) is 23.1 Å². The third kappa shape index (κ3) is 3.65. The Morgan fingerprint density at radius 2 is 1.73 bits per heavy atom. The zero-order chi connectivity index (χ0) is 22.9. The number of nitrogens with zero attached hydrogens (tertiary/aromatic N) is 2. The third-order valence-corrected chi connectivity index (χ3v) is 6.03. The summed E-state index contributed by atoms with van der Waals surface area (Å²) in [5.74, 6) is 1.80. The second-order valence-corrected chi connectivity index (χ2v) is 7.84. The summed E-state index contributed by atoms with van der Waals surface area (Å²) in [7, 11) is 4.62. The molecule has 0 aromatic heterocycles. The summed E-state index contributed by atoms with van der Waals surface area (Å²) >= 11 is 0. The number of carbonyl (C=O) groups excluding carboxylic acids is 1. The molecule has 0 saturated carbocycles. The van der Waals surface area contributed by atoms with Crippen molar-refractivity contribution in [3.05, 3.63) is 89.0 Å². The molecule has 7 nitrogen and oxygen atoms in total. The molecule has 2 atom stereocenters. The minimum Gasteiger partial charge on any atom is -0.493 e.